The highest BCUT2D eigenvalue weighted by atomic mass is 127. The molecular weight excluding hydrogens is 415 g/mol. The van der Waals surface area contributed by atoms with Crippen molar-refractivity contribution in [1.82, 2.24) is 10.6 Å². The number of nitrogens with one attached hydrogen (secondary N) is 2. The van der Waals surface area contributed by atoms with Crippen molar-refractivity contribution in [2.75, 3.05) is 0 Å². The molecule has 4 N–H and O–H groups in total. The molecule has 7 nitrogen and oxygen atoms in total. The number of amides is 2. The van der Waals surface area contributed by atoms with Gasteiger partial charge in [0.05, 0.1) is 6.04 Å². The molecule has 1 unspecified atom stereocenters. The molecule has 0 saturated heterocycles. The molecule has 8 heteroatoms. The Morgan fingerprint density at radius 3 is 2.43 bits per heavy atom. The number of halogens is 1. The van der Waals surface area contributed by atoms with Gasteiger partial charge in [-0.2, -0.15) is 0 Å². The zero-order valence-corrected chi connectivity index (χ0v) is 14.7. The summed E-state index contributed by atoms with van der Waals surface area (Å²) < 4.78 is 1.03. The van der Waals surface area contributed by atoms with Crippen LogP contribution in [0, 0.1) is 3.57 Å². The van der Waals surface area contributed by atoms with E-state index in [9.17, 15) is 14.4 Å². The van der Waals surface area contributed by atoms with Gasteiger partial charge in [-0.05, 0) is 53.1 Å². The van der Waals surface area contributed by atoms with Gasteiger partial charge in [0.25, 0.3) is 0 Å². The third-order valence-electron chi connectivity index (χ3n) is 3.21. The van der Waals surface area contributed by atoms with Crippen LogP contribution in [0.25, 0.3) is 0 Å². The van der Waals surface area contributed by atoms with Crippen LogP contribution in [-0.4, -0.2) is 34.2 Å². The van der Waals surface area contributed by atoms with Crippen LogP contribution in [-0.2, 0) is 9.59 Å². The largest absolute Gasteiger partial charge is 0.481 e. The first-order chi connectivity index (χ1) is 10.8. The van der Waals surface area contributed by atoms with E-state index >= 15 is 0 Å². The van der Waals surface area contributed by atoms with E-state index in [0.717, 1.165) is 9.13 Å². The van der Waals surface area contributed by atoms with Gasteiger partial charge in [-0.15, -0.1) is 0 Å². The Hall–Kier alpha value is -1.84. The zero-order chi connectivity index (χ0) is 17.4. The fourth-order valence-corrected chi connectivity index (χ4v) is 2.59. The maximum absolute atomic E-state index is 12.0. The highest BCUT2D eigenvalue weighted by Gasteiger charge is 2.22. The smallest absolute Gasteiger partial charge is 0.326 e. The average Bonchev–Trinajstić information content (AvgIpc) is 2.48. The Morgan fingerprint density at radius 1 is 1.22 bits per heavy atom. The van der Waals surface area contributed by atoms with Crippen LogP contribution in [0.4, 0.5) is 4.79 Å². The van der Waals surface area contributed by atoms with Crippen molar-refractivity contribution >= 4 is 40.6 Å². The maximum atomic E-state index is 12.0. The Kier molecular flexibility index (Phi) is 7.79. The second-order valence-electron chi connectivity index (χ2n) is 4.96. The molecule has 0 spiro atoms. The highest BCUT2D eigenvalue weighted by molar-refractivity contribution is 14.1. The molecule has 0 aliphatic carbocycles. The highest BCUT2D eigenvalue weighted by Crippen LogP contribution is 2.18. The molecule has 0 aromatic heterocycles. The first-order valence-electron chi connectivity index (χ1n) is 7.10. The van der Waals surface area contributed by atoms with Crippen molar-refractivity contribution in [3.05, 3.63) is 33.4 Å². The second kappa shape index (κ2) is 9.33. The van der Waals surface area contributed by atoms with Crippen molar-refractivity contribution in [2.24, 2.45) is 0 Å². The fourth-order valence-electron chi connectivity index (χ4n) is 2.03. The van der Waals surface area contributed by atoms with Crippen LogP contribution in [0.5, 0.6) is 0 Å². The number of carbonyl (C=O) groups is 3. The van der Waals surface area contributed by atoms with Crippen LogP contribution >= 0.6 is 22.6 Å². The number of aliphatic carboxylic acids is 2. The number of carboxylic acids is 2. The third kappa shape index (κ3) is 6.85. The minimum Gasteiger partial charge on any atom is -0.481 e. The van der Waals surface area contributed by atoms with Gasteiger partial charge in [0.15, 0.2) is 0 Å². The summed E-state index contributed by atoms with van der Waals surface area (Å²) >= 11 is 2.17. The summed E-state index contributed by atoms with van der Waals surface area (Å²) in [7, 11) is 0. The molecule has 0 aliphatic rings. The minimum absolute atomic E-state index is 0.169. The van der Waals surface area contributed by atoms with Crippen molar-refractivity contribution in [3.8, 4) is 0 Å². The molecule has 0 saturated carbocycles. The third-order valence-corrected chi connectivity index (χ3v) is 3.89. The summed E-state index contributed by atoms with van der Waals surface area (Å²) in [6, 6.07) is 5.52. The minimum atomic E-state index is -1.26. The van der Waals surface area contributed by atoms with E-state index < -0.39 is 24.0 Å². The quantitative estimate of drug-likeness (QED) is 0.469. The van der Waals surface area contributed by atoms with Crippen molar-refractivity contribution < 1.29 is 24.6 Å². The van der Waals surface area contributed by atoms with E-state index in [1.165, 1.54) is 0 Å². The molecular formula is C15H19IN2O5. The van der Waals surface area contributed by atoms with Crippen LogP contribution in [0.2, 0.25) is 0 Å². The Balaban J connectivity index is 2.68. The maximum Gasteiger partial charge on any atom is 0.326 e. The van der Waals surface area contributed by atoms with E-state index in [1.807, 2.05) is 31.2 Å². The molecule has 0 fully saturated rings. The summed E-state index contributed by atoms with van der Waals surface area (Å²) in [6.07, 6.45) is 0.143. The predicted molar refractivity (Wildman–Crippen MR) is 92.2 cm³/mol. The Morgan fingerprint density at radius 2 is 1.91 bits per heavy atom. The molecule has 2 atom stereocenters. The average molecular weight is 434 g/mol. The molecule has 1 aromatic rings. The predicted octanol–water partition coefficient (Wildman–Crippen LogP) is 2.36. The van der Waals surface area contributed by atoms with Gasteiger partial charge in [-0.25, -0.2) is 9.59 Å². The molecule has 1 aromatic carbocycles. The first kappa shape index (κ1) is 19.2. The molecule has 0 heterocycles. The summed E-state index contributed by atoms with van der Waals surface area (Å²) in [6.45, 7) is 1.91. The van der Waals surface area contributed by atoms with Crippen molar-refractivity contribution in [1.29, 1.82) is 0 Å². The lowest BCUT2D eigenvalue weighted by Gasteiger charge is -2.20. The van der Waals surface area contributed by atoms with Crippen molar-refractivity contribution in [2.45, 2.75) is 38.3 Å². The first-order valence-corrected chi connectivity index (χ1v) is 8.18. The van der Waals surface area contributed by atoms with Gasteiger partial charge in [-0.1, -0.05) is 19.1 Å². The monoisotopic (exact) mass is 434 g/mol. The van der Waals surface area contributed by atoms with Crippen LogP contribution in [0.3, 0.4) is 0 Å². The van der Waals surface area contributed by atoms with E-state index in [0.29, 0.717) is 6.42 Å². The van der Waals surface area contributed by atoms with Gasteiger partial charge < -0.3 is 20.8 Å². The Labute approximate surface area is 147 Å². The summed E-state index contributed by atoms with van der Waals surface area (Å²) in [5.41, 5.74) is 0.923. The number of hydrogen-bond donors (Lipinski definition) is 4. The molecule has 0 radical (unpaired) electrons. The van der Waals surface area contributed by atoms with Crippen LogP contribution in [0.1, 0.15) is 37.8 Å². The van der Waals surface area contributed by atoms with Crippen molar-refractivity contribution in [3.63, 3.8) is 0 Å². The number of rotatable bonds is 8. The number of hydrogen-bond acceptors (Lipinski definition) is 3. The lowest BCUT2D eigenvalue weighted by Crippen LogP contribution is -2.47. The lowest BCUT2D eigenvalue weighted by atomic mass is 10.1. The normalized spacial score (nSPS) is 13.0. The number of carbonyl (C=O) groups excluding carboxylic acids is 1. The summed E-state index contributed by atoms with van der Waals surface area (Å²) in [4.78, 5) is 33.6. The SMILES string of the molecule is CCC(NC(=O)N[C@@H](CCC(=O)O)C(=O)O)c1cccc(I)c1. The zero-order valence-electron chi connectivity index (χ0n) is 12.6. The molecule has 1 rings (SSSR count). The van der Waals surface area contributed by atoms with E-state index in [-0.39, 0.29) is 18.9 Å². The topological polar surface area (TPSA) is 116 Å². The molecule has 23 heavy (non-hydrogen) atoms. The van der Waals surface area contributed by atoms with Gasteiger partial charge in [0.2, 0.25) is 0 Å². The van der Waals surface area contributed by atoms with Gasteiger partial charge in [-0.3, -0.25) is 4.79 Å². The Bertz CT molecular complexity index is 579. The molecule has 0 aliphatic heterocycles. The molecule has 2 amide bonds. The van der Waals surface area contributed by atoms with E-state index in [4.69, 9.17) is 10.2 Å². The summed E-state index contributed by atoms with van der Waals surface area (Å²) in [5, 5.41) is 22.7. The summed E-state index contributed by atoms with van der Waals surface area (Å²) in [5.74, 6) is -2.37. The van der Waals surface area contributed by atoms with E-state index in [1.54, 1.807) is 0 Å². The standard InChI is InChI=1S/C15H19IN2O5/c1-2-11(9-4-3-5-10(16)8-9)17-15(23)18-12(14(21)22)6-7-13(19)20/h3-5,8,11-12H,2,6-7H2,1H3,(H,19,20)(H,21,22)(H2,17,18,23)/t11?,12-/m0/s1. The van der Waals surface area contributed by atoms with Gasteiger partial charge in [0, 0.05) is 9.99 Å². The molecule has 0 bridgehead atoms. The van der Waals surface area contributed by atoms with Crippen LogP contribution < -0.4 is 10.6 Å². The lowest BCUT2D eigenvalue weighted by molar-refractivity contribution is -0.140. The number of urea groups is 1. The number of carboxylic acid groups (broad SMARTS) is 2. The van der Waals surface area contributed by atoms with Crippen LogP contribution in [0.15, 0.2) is 24.3 Å². The van der Waals surface area contributed by atoms with Gasteiger partial charge in [0.1, 0.15) is 6.04 Å². The fraction of sp³-hybridized carbons (Fsp3) is 0.400. The molecule has 126 valence electrons. The van der Waals surface area contributed by atoms with Gasteiger partial charge >= 0.3 is 18.0 Å². The van der Waals surface area contributed by atoms with E-state index in [2.05, 4.69) is 33.2 Å². The second-order valence-corrected chi connectivity index (χ2v) is 6.20. The number of benzene rings is 1.